The van der Waals surface area contributed by atoms with Crippen molar-refractivity contribution in [1.82, 2.24) is 9.78 Å². The van der Waals surface area contributed by atoms with Crippen molar-refractivity contribution in [3.63, 3.8) is 0 Å². The predicted octanol–water partition coefficient (Wildman–Crippen LogP) is 4.20. The lowest BCUT2D eigenvalue weighted by Gasteiger charge is -2.14. The average molecular weight is 367 g/mol. The Hall–Kier alpha value is -3.15. The van der Waals surface area contributed by atoms with Gasteiger partial charge in [0.25, 0.3) is 0 Å². The normalized spacial score (nSPS) is 11.4. The van der Waals surface area contributed by atoms with Gasteiger partial charge in [0.15, 0.2) is 0 Å². The molecule has 0 aliphatic heterocycles. The summed E-state index contributed by atoms with van der Waals surface area (Å²) in [5.41, 5.74) is 1.67. The fourth-order valence-corrected chi connectivity index (χ4v) is 2.64. The first-order valence-corrected chi connectivity index (χ1v) is 8.67. The standard InChI is InChI=1S/C21H22FN3O2/c1-21(2,3)18-13-19(25(24-18)15-7-5-4-6-8-15)23-20(27)11-14-9-10-16(26)12-17(14)22/h4-10,12-13,26H,11H2,1-3H3,(H,23,27). The van der Waals surface area contributed by atoms with Crippen molar-refractivity contribution in [2.75, 3.05) is 5.32 Å². The van der Waals surface area contributed by atoms with Crippen LogP contribution in [0.2, 0.25) is 0 Å². The number of benzene rings is 2. The summed E-state index contributed by atoms with van der Waals surface area (Å²) < 4.78 is 15.6. The molecular weight excluding hydrogens is 345 g/mol. The number of anilines is 1. The van der Waals surface area contributed by atoms with Gasteiger partial charge in [0.2, 0.25) is 5.91 Å². The van der Waals surface area contributed by atoms with E-state index in [4.69, 9.17) is 0 Å². The molecule has 2 N–H and O–H groups in total. The van der Waals surface area contributed by atoms with Crippen LogP contribution in [0.3, 0.4) is 0 Å². The number of phenols is 1. The molecule has 0 aliphatic carbocycles. The second-order valence-electron chi connectivity index (χ2n) is 7.41. The van der Waals surface area contributed by atoms with Gasteiger partial charge in [-0.25, -0.2) is 9.07 Å². The van der Waals surface area contributed by atoms with Gasteiger partial charge >= 0.3 is 0 Å². The Morgan fingerprint density at radius 1 is 1.15 bits per heavy atom. The quantitative estimate of drug-likeness (QED) is 0.726. The number of carbonyl (C=O) groups excluding carboxylic acids is 1. The Bertz CT molecular complexity index is 959. The lowest BCUT2D eigenvalue weighted by atomic mass is 9.92. The molecule has 0 unspecified atom stereocenters. The molecule has 0 saturated heterocycles. The van der Waals surface area contributed by atoms with E-state index in [2.05, 4.69) is 10.4 Å². The first kappa shape index (κ1) is 18.6. The second-order valence-corrected chi connectivity index (χ2v) is 7.41. The molecule has 0 atom stereocenters. The van der Waals surface area contributed by atoms with Gasteiger partial charge in [-0.05, 0) is 23.8 Å². The van der Waals surface area contributed by atoms with Crippen molar-refractivity contribution in [3.05, 3.63) is 71.7 Å². The highest BCUT2D eigenvalue weighted by Gasteiger charge is 2.21. The predicted molar refractivity (Wildman–Crippen MR) is 103 cm³/mol. The zero-order valence-corrected chi connectivity index (χ0v) is 15.5. The molecule has 3 rings (SSSR count). The van der Waals surface area contributed by atoms with Gasteiger partial charge in [0, 0.05) is 17.5 Å². The molecule has 0 spiro atoms. The van der Waals surface area contributed by atoms with E-state index < -0.39 is 5.82 Å². The largest absolute Gasteiger partial charge is 0.508 e. The Balaban J connectivity index is 1.89. The fourth-order valence-electron chi connectivity index (χ4n) is 2.64. The third-order valence-electron chi connectivity index (χ3n) is 4.13. The van der Waals surface area contributed by atoms with E-state index in [-0.39, 0.29) is 29.1 Å². The number of nitrogens with zero attached hydrogens (tertiary/aromatic N) is 2. The topological polar surface area (TPSA) is 67.2 Å². The number of para-hydroxylation sites is 1. The smallest absolute Gasteiger partial charge is 0.230 e. The summed E-state index contributed by atoms with van der Waals surface area (Å²) in [4.78, 5) is 12.5. The molecule has 140 valence electrons. The number of carbonyl (C=O) groups is 1. The summed E-state index contributed by atoms with van der Waals surface area (Å²) in [5, 5.41) is 16.8. The van der Waals surface area contributed by atoms with E-state index in [0.717, 1.165) is 17.4 Å². The van der Waals surface area contributed by atoms with Crippen LogP contribution in [0.25, 0.3) is 5.69 Å². The van der Waals surface area contributed by atoms with Crippen molar-refractivity contribution in [2.24, 2.45) is 0 Å². The van der Waals surface area contributed by atoms with Gasteiger partial charge in [-0.3, -0.25) is 4.79 Å². The van der Waals surface area contributed by atoms with Crippen LogP contribution in [0.5, 0.6) is 5.75 Å². The zero-order valence-electron chi connectivity index (χ0n) is 15.5. The Labute approximate surface area is 157 Å². The van der Waals surface area contributed by atoms with Gasteiger partial charge < -0.3 is 10.4 Å². The lowest BCUT2D eigenvalue weighted by molar-refractivity contribution is -0.115. The number of halogens is 1. The summed E-state index contributed by atoms with van der Waals surface area (Å²) in [7, 11) is 0. The van der Waals surface area contributed by atoms with Crippen LogP contribution < -0.4 is 5.32 Å². The number of hydrogen-bond donors (Lipinski definition) is 2. The third-order valence-corrected chi connectivity index (χ3v) is 4.13. The summed E-state index contributed by atoms with van der Waals surface area (Å²) >= 11 is 0. The van der Waals surface area contributed by atoms with Crippen LogP contribution in [-0.4, -0.2) is 20.8 Å². The minimum absolute atomic E-state index is 0.142. The fraction of sp³-hybridized carbons (Fsp3) is 0.238. The molecule has 5 nitrogen and oxygen atoms in total. The van der Waals surface area contributed by atoms with Crippen LogP contribution in [-0.2, 0) is 16.6 Å². The Kier molecular flexibility index (Phi) is 4.99. The molecule has 2 aromatic carbocycles. The number of rotatable bonds is 4. The summed E-state index contributed by atoms with van der Waals surface area (Å²) in [6, 6.07) is 15.1. The van der Waals surface area contributed by atoms with E-state index in [1.165, 1.54) is 12.1 Å². The van der Waals surface area contributed by atoms with Crippen molar-refractivity contribution >= 4 is 11.7 Å². The minimum Gasteiger partial charge on any atom is -0.508 e. The zero-order chi connectivity index (χ0) is 19.6. The number of amides is 1. The van der Waals surface area contributed by atoms with Gasteiger partial charge in [-0.2, -0.15) is 5.10 Å². The molecule has 6 heteroatoms. The van der Waals surface area contributed by atoms with Crippen LogP contribution in [0.15, 0.2) is 54.6 Å². The maximum absolute atomic E-state index is 13.9. The van der Waals surface area contributed by atoms with Gasteiger partial charge in [-0.1, -0.05) is 45.0 Å². The molecule has 0 radical (unpaired) electrons. The molecule has 0 fully saturated rings. The molecule has 0 aliphatic rings. The first-order valence-electron chi connectivity index (χ1n) is 8.67. The molecule has 1 aromatic heterocycles. The molecule has 0 bridgehead atoms. The molecular formula is C21H22FN3O2. The minimum atomic E-state index is -0.614. The molecule has 3 aromatic rings. The first-order chi connectivity index (χ1) is 12.7. The number of aromatic hydroxyl groups is 1. The number of aromatic nitrogens is 2. The van der Waals surface area contributed by atoms with Crippen LogP contribution >= 0.6 is 0 Å². The van der Waals surface area contributed by atoms with Crippen LogP contribution in [0, 0.1) is 5.82 Å². The number of hydrogen-bond acceptors (Lipinski definition) is 3. The van der Waals surface area contributed by atoms with Crippen molar-refractivity contribution in [2.45, 2.75) is 32.6 Å². The summed E-state index contributed by atoms with van der Waals surface area (Å²) in [5.74, 6) is -0.627. The van der Waals surface area contributed by atoms with Crippen molar-refractivity contribution in [1.29, 1.82) is 0 Å². The van der Waals surface area contributed by atoms with Crippen molar-refractivity contribution < 1.29 is 14.3 Å². The lowest BCUT2D eigenvalue weighted by Crippen LogP contribution is -2.17. The maximum atomic E-state index is 13.9. The summed E-state index contributed by atoms with van der Waals surface area (Å²) in [6.07, 6.45) is -0.142. The van der Waals surface area contributed by atoms with Crippen LogP contribution in [0.4, 0.5) is 10.2 Å². The number of nitrogens with one attached hydrogen (secondary N) is 1. The SMILES string of the molecule is CC(C)(C)c1cc(NC(=O)Cc2ccc(O)cc2F)n(-c2ccccc2)n1. The van der Waals surface area contributed by atoms with E-state index in [1.807, 2.05) is 57.2 Å². The van der Waals surface area contributed by atoms with Gasteiger partial charge in [-0.15, -0.1) is 0 Å². The van der Waals surface area contributed by atoms with Crippen molar-refractivity contribution in [3.8, 4) is 11.4 Å². The van der Waals surface area contributed by atoms with E-state index >= 15 is 0 Å². The third kappa shape index (κ3) is 4.34. The average Bonchev–Trinajstić information content (AvgIpc) is 3.02. The van der Waals surface area contributed by atoms with Gasteiger partial charge in [0.1, 0.15) is 17.4 Å². The molecule has 1 amide bonds. The van der Waals surface area contributed by atoms with E-state index in [1.54, 1.807) is 4.68 Å². The Morgan fingerprint density at radius 2 is 1.85 bits per heavy atom. The molecule has 27 heavy (non-hydrogen) atoms. The number of phenolic OH excluding ortho intramolecular Hbond substituents is 1. The van der Waals surface area contributed by atoms with Crippen LogP contribution in [0.1, 0.15) is 32.0 Å². The second kappa shape index (κ2) is 7.23. The molecule has 0 saturated carbocycles. The monoisotopic (exact) mass is 367 g/mol. The molecule has 1 heterocycles. The highest BCUT2D eigenvalue weighted by Crippen LogP contribution is 2.26. The highest BCUT2D eigenvalue weighted by atomic mass is 19.1. The maximum Gasteiger partial charge on any atom is 0.230 e. The van der Waals surface area contributed by atoms with Gasteiger partial charge in [0.05, 0.1) is 17.8 Å². The van der Waals surface area contributed by atoms with E-state index in [9.17, 15) is 14.3 Å². The highest BCUT2D eigenvalue weighted by molar-refractivity contribution is 5.92. The Morgan fingerprint density at radius 3 is 2.48 bits per heavy atom. The summed E-state index contributed by atoms with van der Waals surface area (Å²) in [6.45, 7) is 6.13. The van der Waals surface area contributed by atoms with E-state index in [0.29, 0.717) is 5.82 Å².